The molecule has 0 bridgehead atoms. The lowest BCUT2D eigenvalue weighted by Gasteiger charge is -2.08. The summed E-state index contributed by atoms with van der Waals surface area (Å²) in [5.41, 5.74) is 11.3. The van der Waals surface area contributed by atoms with Crippen molar-refractivity contribution in [2.45, 2.75) is 32.1 Å². The van der Waals surface area contributed by atoms with Crippen molar-refractivity contribution in [1.29, 1.82) is 0 Å². The summed E-state index contributed by atoms with van der Waals surface area (Å²) in [5, 5.41) is 2.99. The maximum absolute atomic E-state index is 12.0. The van der Waals surface area contributed by atoms with Crippen molar-refractivity contribution in [1.82, 2.24) is 0 Å². The number of amides is 1. The van der Waals surface area contributed by atoms with E-state index in [-0.39, 0.29) is 5.91 Å². The Balaban J connectivity index is 1.57. The van der Waals surface area contributed by atoms with Crippen LogP contribution < -0.4 is 11.1 Å². The predicted molar refractivity (Wildman–Crippen MR) is 86.3 cm³/mol. The normalized spacial score (nSPS) is 13.0. The Bertz CT molecular complexity index is 664. The second kappa shape index (κ2) is 6.00. The van der Waals surface area contributed by atoms with E-state index in [2.05, 4.69) is 17.4 Å². The van der Waals surface area contributed by atoms with Gasteiger partial charge in [-0.1, -0.05) is 18.2 Å². The van der Waals surface area contributed by atoms with Crippen LogP contribution in [-0.4, -0.2) is 5.91 Å². The summed E-state index contributed by atoms with van der Waals surface area (Å²) in [6, 6.07) is 13.9. The summed E-state index contributed by atoms with van der Waals surface area (Å²) in [6.45, 7) is 0. The minimum absolute atomic E-state index is 0.0513. The van der Waals surface area contributed by atoms with Crippen molar-refractivity contribution in [3.05, 3.63) is 59.2 Å². The molecule has 1 aliphatic rings. The van der Waals surface area contributed by atoms with Gasteiger partial charge in [0, 0.05) is 17.8 Å². The topological polar surface area (TPSA) is 55.1 Å². The maximum atomic E-state index is 12.0. The van der Waals surface area contributed by atoms with Crippen molar-refractivity contribution in [3.8, 4) is 0 Å². The fourth-order valence-corrected chi connectivity index (χ4v) is 2.88. The van der Waals surface area contributed by atoms with Gasteiger partial charge in [0.25, 0.3) is 0 Å². The van der Waals surface area contributed by atoms with Crippen LogP contribution in [-0.2, 0) is 24.1 Å². The number of hydrogen-bond donors (Lipinski definition) is 2. The molecule has 0 atom stereocenters. The lowest BCUT2D eigenvalue weighted by atomic mass is 10.1. The molecule has 3 heteroatoms. The first-order chi connectivity index (χ1) is 10.2. The van der Waals surface area contributed by atoms with Crippen LogP contribution in [0, 0.1) is 0 Å². The highest BCUT2D eigenvalue weighted by molar-refractivity contribution is 5.91. The number of rotatable bonds is 4. The third kappa shape index (κ3) is 3.43. The van der Waals surface area contributed by atoms with E-state index in [4.69, 9.17) is 5.73 Å². The second-order valence-electron chi connectivity index (χ2n) is 5.63. The molecule has 2 aromatic rings. The molecule has 0 unspecified atom stereocenters. The molecule has 0 radical (unpaired) electrons. The van der Waals surface area contributed by atoms with Gasteiger partial charge in [-0.2, -0.15) is 0 Å². The summed E-state index contributed by atoms with van der Waals surface area (Å²) < 4.78 is 0. The number of nitrogens with two attached hydrogens (primary N) is 1. The average Bonchev–Trinajstić information content (AvgIpc) is 2.93. The quantitative estimate of drug-likeness (QED) is 0.844. The van der Waals surface area contributed by atoms with Crippen molar-refractivity contribution in [3.63, 3.8) is 0 Å². The molecule has 1 aliphatic carbocycles. The minimum atomic E-state index is 0.0513. The van der Waals surface area contributed by atoms with E-state index in [9.17, 15) is 4.79 Å². The highest BCUT2D eigenvalue weighted by atomic mass is 16.1. The lowest BCUT2D eigenvalue weighted by molar-refractivity contribution is -0.116. The fourth-order valence-electron chi connectivity index (χ4n) is 2.88. The third-order valence-corrected chi connectivity index (χ3v) is 3.97. The van der Waals surface area contributed by atoms with E-state index in [0.29, 0.717) is 12.8 Å². The monoisotopic (exact) mass is 280 g/mol. The van der Waals surface area contributed by atoms with Gasteiger partial charge in [0.1, 0.15) is 0 Å². The number of fused-ring (bicyclic) bond motifs is 1. The largest absolute Gasteiger partial charge is 0.399 e. The number of nitrogen functional groups attached to an aromatic ring is 1. The van der Waals surface area contributed by atoms with Gasteiger partial charge in [-0.25, -0.2) is 0 Å². The Morgan fingerprint density at radius 2 is 1.95 bits per heavy atom. The fraction of sp³-hybridized carbons (Fsp3) is 0.278. The van der Waals surface area contributed by atoms with Gasteiger partial charge >= 0.3 is 0 Å². The number of hydrogen-bond acceptors (Lipinski definition) is 2. The zero-order chi connectivity index (χ0) is 14.7. The minimum Gasteiger partial charge on any atom is -0.399 e. The number of benzene rings is 2. The summed E-state index contributed by atoms with van der Waals surface area (Å²) >= 11 is 0. The van der Waals surface area contributed by atoms with E-state index in [1.54, 1.807) is 0 Å². The van der Waals surface area contributed by atoms with Crippen LogP contribution in [0.1, 0.15) is 29.5 Å². The van der Waals surface area contributed by atoms with E-state index < -0.39 is 0 Å². The number of aryl methyl sites for hydroxylation is 3. The Morgan fingerprint density at radius 3 is 2.81 bits per heavy atom. The van der Waals surface area contributed by atoms with Gasteiger partial charge in [-0.05, 0) is 66.6 Å². The van der Waals surface area contributed by atoms with Crippen molar-refractivity contribution in [2.75, 3.05) is 11.1 Å². The van der Waals surface area contributed by atoms with Gasteiger partial charge in [0.2, 0.25) is 5.91 Å². The Labute approximate surface area is 125 Å². The first kappa shape index (κ1) is 13.7. The van der Waals surface area contributed by atoms with Gasteiger partial charge < -0.3 is 11.1 Å². The molecule has 3 rings (SSSR count). The Morgan fingerprint density at radius 1 is 1.10 bits per heavy atom. The third-order valence-electron chi connectivity index (χ3n) is 3.97. The second-order valence-corrected chi connectivity index (χ2v) is 5.63. The van der Waals surface area contributed by atoms with Crippen molar-refractivity contribution in [2.24, 2.45) is 0 Å². The molecule has 2 aromatic carbocycles. The summed E-state index contributed by atoms with van der Waals surface area (Å²) in [4.78, 5) is 12.0. The van der Waals surface area contributed by atoms with E-state index in [0.717, 1.165) is 23.4 Å². The van der Waals surface area contributed by atoms with Crippen LogP contribution in [0.5, 0.6) is 0 Å². The zero-order valence-electron chi connectivity index (χ0n) is 12.1. The van der Waals surface area contributed by atoms with Crippen LogP contribution >= 0.6 is 0 Å². The van der Waals surface area contributed by atoms with E-state index in [1.165, 1.54) is 24.0 Å². The van der Waals surface area contributed by atoms with Crippen molar-refractivity contribution >= 4 is 17.3 Å². The standard InChI is InChI=1S/C18H20N2O/c19-16-6-1-3-13(11-16)7-10-18(21)20-17-9-8-14-4-2-5-15(14)12-17/h1,3,6,8-9,11-12H,2,4-5,7,10,19H2,(H,20,21). The molecule has 0 saturated heterocycles. The molecule has 0 fully saturated rings. The molecule has 21 heavy (non-hydrogen) atoms. The smallest absolute Gasteiger partial charge is 0.224 e. The first-order valence-corrected chi connectivity index (χ1v) is 7.47. The van der Waals surface area contributed by atoms with Gasteiger partial charge in [0.05, 0.1) is 0 Å². The Hall–Kier alpha value is -2.29. The molecule has 108 valence electrons. The molecule has 0 spiro atoms. The summed E-state index contributed by atoms with van der Waals surface area (Å²) in [5.74, 6) is 0.0513. The number of nitrogens with one attached hydrogen (secondary N) is 1. The first-order valence-electron chi connectivity index (χ1n) is 7.47. The van der Waals surface area contributed by atoms with Crippen LogP contribution in [0.3, 0.4) is 0 Å². The molecule has 3 N–H and O–H groups in total. The van der Waals surface area contributed by atoms with Gasteiger partial charge in [-0.15, -0.1) is 0 Å². The van der Waals surface area contributed by atoms with Crippen LogP contribution in [0.15, 0.2) is 42.5 Å². The van der Waals surface area contributed by atoms with Crippen molar-refractivity contribution < 1.29 is 4.79 Å². The molecule has 0 aliphatic heterocycles. The molecule has 0 saturated carbocycles. The predicted octanol–water partition coefficient (Wildman–Crippen LogP) is 3.33. The number of carbonyl (C=O) groups excluding carboxylic acids is 1. The molecular formula is C18H20N2O. The van der Waals surface area contributed by atoms with E-state index >= 15 is 0 Å². The molecule has 0 aromatic heterocycles. The lowest BCUT2D eigenvalue weighted by Crippen LogP contribution is -2.12. The Kier molecular flexibility index (Phi) is 3.91. The molecular weight excluding hydrogens is 260 g/mol. The molecule has 0 heterocycles. The number of carbonyl (C=O) groups is 1. The van der Waals surface area contributed by atoms with E-state index in [1.807, 2.05) is 30.3 Å². The SMILES string of the molecule is Nc1cccc(CCC(=O)Nc2ccc3c(c2)CCC3)c1. The van der Waals surface area contributed by atoms with Gasteiger partial charge in [-0.3, -0.25) is 4.79 Å². The molecule has 1 amide bonds. The van der Waals surface area contributed by atoms with Crippen LogP contribution in [0.25, 0.3) is 0 Å². The summed E-state index contributed by atoms with van der Waals surface area (Å²) in [7, 11) is 0. The summed E-state index contributed by atoms with van der Waals surface area (Å²) in [6.07, 6.45) is 4.70. The number of anilines is 2. The highest BCUT2D eigenvalue weighted by Gasteiger charge is 2.11. The van der Waals surface area contributed by atoms with Crippen LogP contribution in [0.4, 0.5) is 11.4 Å². The average molecular weight is 280 g/mol. The maximum Gasteiger partial charge on any atom is 0.224 e. The van der Waals surface area contributed by atoms with Gasteiger partial charge in [0.15, 0.2) is 0 Å². The van der Waals surface area contributed by atoms with Crippen LogP contribution in [0.2, 0.25) is 0 Å². The highest BCUT2D eigenvalue weighted by Crippen LogP contribution is 2.25. The zero-order valence-corrected chi connectivity index (χ0v) is 12.1. The molecule has 3 nitrogen and oxygen atoms in total.